The third-order valence-corrected chi connectivity index (χ3v) is 3.44. The van der Waals surface area contributed by atoms with Gasteiger partial charge in [0.1, 0.15) is 0 Å². The fourth-order valence-electron chi connectivity index (χ4n) is 2.38. The van der Waals surface area contributed by atoms with E-state index in [-0.39, 0.29) is 0 Å². The molecule has 1 nitrogen and oxygen atoms in total. The molecule has 0 saturated carbocycles. The maximum Gasteiger partial charge on any atom is 0.0227 e. The number of nitrogens with zero attached hydrogens (tertiary/aromatic N) is 1. The molecule has 23 heavy (non-hydrogen) atoms. The maximum atomic E-state index is 2.16. The summed E-state index contributed by atoms with van der Waals surface area (Å²) in [5.74, 6) is 0. The summed E-state index contributed by atoms with van der Waals surface area (Å²) in [4.78, 5) is 2.16. The molecule has 0 atom stereocenters. The van der Waals surface area contributed by atoms with E-state index in [0.29, 0.717) is 0 Å². The Labute approximate surface area is 140 Å². The Morgan fingerprint density at radius 2 is 0.870 bits per heavy atom. The van der Waals surface area contributed by atoms with Gasteiger partial charge in [0.2, 0.25) is 0 Å². The third-order valence-electron chi connectivity index (χ3n) is 3.44. The van der Waals surface area contributed by atoms with E-state index in [2.05, 4.69) is 104 Å². The summed E-state index contributed by atoms with van der Waals surface area (Å²) >= 11 is 0. The fourth-order valence-corrected chi connectivity index (χ4v) is 2.38. The van der Waals surface area contributed by atoms with Gasteiger partial charge in [-0.25, -0.2) is 0 Å². The van der Waals surface area contributed by atoms with E-state index < -0.39 is 0 Å². The molecule has 0 heterocycles. The molecule has 1 heteroatoms. The maximum absolute atomic E-state index is 2.16. The first-order valence-corrected chi connectivity index (χ1v) is 8.00. The predicted octanol–water partition coefficient (Wildman–Crippen LogP) is 5.03. The molecule has 0 aliphatic heterocycles. The molecule has 3 rings (SSSR count). The van der Waals surface area contributed by atoms with Crippen molar-refractivity contribution in [2.24, 2.45) is 0 Å². The molecule has 3 aromatic rings. The van der Waals surface area contributed by atoms with Crippen LogP contribution in [0, 0.1) is 0 Å². The summed E-state index contributed by atoms with van der Waals surface area (Å²) in [5.41, 5.74) is 4.11. The van der Waals surface area contributed by atoms with Crippen LogP contribution in [0.15, 0.2) is 91.0 Å². The van der Waals surface area contributed by atoms with Crippen LogP contribution in [-0.2, 0) is 13.0 Å². The van der Waals surface area contributed by atoms with Crippen LogP contribution in [0.1, 0.15) is 16.7 Å². The number of rotatable bonds is 4. The van der Waals surface area contributed by atoms with Gasteiger partial charge in [-0.15, -0.1) is 0 Å². The Morgan fingerprint density at radius 3 is 1.22 bits per heavy atom. The molecule has 0 amide bonds. The topological polar surface area (TPSA) is 3.24 Å². The van der Waals surface area contributed by atoms with Crippen molar-refractivity contribution < 1.29 is 0 Å². The molecule has 0 bridgehead atoms. The molecule has 0 aliphatic rings. The molecule has 0 saturated heterocycles. The van der Waals surface area contributed by atoms with Gasteiger partial charge in [0, 0.05) is 6.54 Å². The van der Waals surface area contributed by atoms with E-state index >= 15 is 0 Å². The molecular weight excluding hydrogens is 278 g/mol. The summed E-state index contributed by atoms with van der Waals surface area (Å²) in [6.07, 6.45) is 1.03. The molecule has 3 aromatic carbocycles. The molecule has 0 spiro atoms. The van der Waals surface area contributed by atoms with Gasteiger partial charge in [-0.3, -0.25) is 0 Å². The van der Waals surface area contributed by atoms with Crippen molar-refractivity contribution in [2.45, 2.75) is 13.0 Å². The Hall–Kier alpha value is -2.38. The lowest BCUT2D eigenvalue weighted by atomic mass is 10.1. The largest absolute Gasteiger partial charge is 0.305 e. The average Bonchev–Trinajstić information content (AvgIpc) is 2.58. The zero-order valence-electron chi connectivity index (χ0n) is 14.0. The monoisotopic (exact) mass is 303 g/mol. The van der Waals surface area contributed by atoms with E-state index in [1.54, 1.807) is 0 Å². The van der Waals surface area contributed by atoms with E-state index in [1.807, 2.05) is 6.07 Å². The van der Waals surface area contributed by atoms with E-state index in [1.165, 1.54) is 16.7 Å². The van der Waals surface area contributed by atoms with E-state index in [4.69, 9.17) is 0 Å². The SMILES string of the molecule is CN(C)Cc1ccccc1.c1ccc(Cc2ccccc2)cc1. The van der Waals surface area contributed by atoms with Crippen LogP contribution >= 0.6 is 0 Å². The zero-order valence-corrected chi connectivity index (χ0v) is 14.0. The molecule has 0 fully saturated rings. The predicted molar refractivity (Wildman–Crippen MR) is 99.5 cm³/mol. The smallest absolute Gasteiger partial charge is 0.0227 e. The number of benzene rings is 3. The minimum absolute atomic E-state index is 1.03. The van der Waals surface area contributed by atoms with Gasteiger partial charge >= 0.3 is 0 Å². The highest BCUT2D eigenvalue weighted by Crippen LogP contribution is 2.07. The van der Waals surface area contributed by atoms with Crippen LogP contribution in [0.25, 0.3) is 0 Å². The lowest BCUT2D eigenvalue weighted by Crippen LogP contribution is -2.10. The molecule has 0 aliphatic carbocycles. The van der Waals surface area contributed by atoms with Gasteiger partial charge in [0.05, 0.1) is 0 Å². The standard InChI is InChI=1S/C13H12.C9H13N/c1-3-7-12(8-4-1)11-13-9-5-2-6-10-13;1-10(2)8-9-6-4-3-5-7-9/h1-10H,11H2;3-7H,8H2,1-2H3. The van der Waals surface area contributed by atoms with E-state index in [0.717, 1.165) is 13.0 Å². The van der Waals surface area contributed by atoms with Crippen LogP contribution in [-0.4, -0.2) is 19.0 Å². The van der Waals surface area contributed by atoms with Crippen molar-refractivity contribution in [1.82, 2.24) is 4.90 Å². The number of hydrogen-bond acceptors (Lipinski definition) is 1. The summed E-state index contributed by atoms with van der Waals surface area (Å²) in [5, 5.41) is 0. The van der Waals surface area contributed by atoms with E-state index in [9.17, 15) is 0 Å². The Bertz CT molecular complexity index is 608. The minimum Gasteiger partial charge on any atom is -0.305 e. The molecular formula is C22H25N. The molecule has 0 radical (unpaired) electrons. The Morgan fingerprint density at radius 1 is 0.522 bits per heavy atom. The highest BCUT2D eigenvalue weighted by molar-refractivity contribution is 5.25. The van der Waals surface area contributed by atoms with Crippen LogP contribution in [0.2, 0.25) is 0 Å². The van der Waals surface area contributed by atoms with Crippen molar-refractivity contribution in [1.29, 1.82) is 0 Å². The first-order valence-electron chi connectivity index (χ1n) is 8.00. The Balaban J connectivity index is 0.000000174. The lowest BCUT2D eigenvalue weighted by Gasteiger charge is -2.08. The molecule has 118 valence electrons. The number of hydrogen-bond donors (Lipinski definition) is 0. The second-order valence-corrected chi connectivity index (χ2v) is 5.87. The average molecular weight is 303 g/mol. The van der Waals surface area contributed by atoms with Crippen LogP contribution in [0.5, 0.6) is 0 Å². The van der Waals surface area contributed by atoms with Crippen molar-refractivity contribution >= 4 is 0 Å². The summed E-state index contributed by atoms with van der Waals surface area (Å²) in [6.45, 7) is 1.03. The van der Waals surface area contributed by atoms with Crippen LogP contribution in [0.3, 0.4) is 0 Å². The van der Waals surface area contributed by atoms with Crippen LogP contribution in [0.4, 0.5) is 0 Å². The quantitative estimate of drug-likeness (QED) is 0.653. The van der Waals surface area contributed by atoms with Gasteiger partial charge in [-0.1, -0.05) is 91.0 Å². The minimum atomic E-state index is 1.03. The normalized spacial score (nSPS) is 10.0. The van der Waals surface area contributed by atoms with Gasteiger partial charge in [-0.2, -0.15) is 0 Å². The summed E-state index contributed by atoms with van der Waals surface area (Å²) in [7, 11) is 4.15. The van der Waals surface area contributed by atoms with Gasteiger partial charge in [-0.05, 0) is 37.2 Å². The first kappa shape index (κ1) is 17.0. The molecule has 0 N–H and O–H groups in total. The summed E-state index contributed by atoms with van der Waals surface area (Å²) in [6, 6.07) is 31.5. The molecule has 0 unspecified atom stereocenters. The Kier molecular flexibility index (Phi) is 7.09. The van der Waals surface area contributed by atoms with Crippen molar-refractivity contribution in [2.75, 3.05) is 14.1 Å². The highest BCUT2D eigenvalue weighted by Gasteiger charge is 1.92. The van der Waals surface area contributed by atoms with Crippen LogP contribution < -0.4 is 0 Å². The van der Waals surface area contributed by atoms with Crippen molar-refractivity contribution in [3.63, 3.8) is 0 Å². The van der Waals surface area contributed by atoms with Gasteiger partial charge < -0.3 is 4.90 Å². The van der Waals surface area contributed by atoms with Gasteiger partial charge in [0.25, 0.3) is 0 Å². The van der Waals surface area contributed by atoms with Crippen molar-refractivity contribution in [3.05, 3.63) is 108 Å². The van der Waals surface area contributed by atoms with Gasteiger partial charge in [0.15, 0.2) is 0 Å². The zero-order chi connectivity index (χ0) is 16.3. The molecule has 0 aromatic heterocycles. The first-order chi connectivity index (χ1) is 11.2. The highest BCUT2D eigenvalue weighted by atomic mass is 15.0. The van der Waals surface area contributed by atoms with Crippen molar-refractivity contribution in [3.8, 4) is 0 Å². The second-order valence-electron chi connectivity index (χ2n) is 5.87. The second kappa shape index (κ2) is 9.60. The lowest BCUT2D eigenvalue weighted by molar-refractivity contribution is 0.402. The fraction of sp³-hybridized carbons (Fsp3) is 0.182. The summed E-state index contributed by atoms with van der Waals surface area (Å²) < 4.78 is 0. The third kappa shape index (κ3) is 6.94.